The van der Waals surface area contributed by atoms with Crippen LogP contribution in [0.3, 0.4) is 0 Å². The summed E-state index contributed by atoms with van der Waals surface area (Å²) in [6.07, 6.45) is 9.74. The first-order valence-corrected chi connectivity index (χ1v) is 11.0. The molecule has 0 radical (unpaired) electrons. The van der Waals surface area contributed by atoms with Crippen LogP contribution in [0.4, 0.5) is 4.39 Å². The van der Waals surface area contributed by atoms with Crippen LogP contribution in [-0.4, -0.2) is 50.2 Å². The summed E-state index contributed by atoms with van der Waals surface area (Å²) in [7, 11) is 3.15. The van der Waals surface area contributed by atoms with Gasteiger partial charge in [-0.2, -0.15) is 0 Å². The summed E-state index contributed by atoms with van der Waals surface area (Å²) in [5, 5.41) is 0. The number of fused-ring (bicyclic) bond motifs is 1. The Morgan fingerprint density at radius 1 is 1.17 bits per heavy atom. The van der Waals surface area contributed by atoms with Crippen LogP contribution in [0.2, 0.25) is 0 Å². The molecular weight excluding hydrogens is 381 g/mol. The summed E-state index contributed by atoms with van der Waals surface area (Å²) in [5.41, 5.74) is 1.67. The van der Waals surface area contributed by atoms with Gasteiger partial charge in [0.15, 0.2) is 17.3 Å². The molecule has 2 aliphatic carbocycles. The van der Waals surface area contributed by atoms with Gasteiger partial charge in [-0.15, -0.1) is 0 Å². The second-order valence-corrected chi connectivity index (χ2v) is 9.12. The number of alkyl halides is 1. The molecule has 5 heteroatoms. The summed E-state index contributed by atoms with van der Waals surface area (Å²) < 4.78 is 26.4. The fourth-order valence-corrected chi connectivity index (χ4v) is 5.11. The molecule has 0 spiro atoms. The number of carbonyl (C=O) groups is 1. The van der Waals surface area contributed by atoms with Gasteiger partial charge in [-0.1, -0.05) is 25.2 Å². The molecule has 1 aliphatic heterocycles. The molecule has 4 rings (SSSR count). The highest BCUT2D eigenvalue weighted by Gasteiger charge is 2.42. The van der Waals surface area contributed by atoms with Gasteiger partial charge in [-0.05, 0) is 61.3 Å². The highest BCUT2D eigenvalue weighted by Crippen LogP contribution is 2.42. The van der Waals surface area contributed by atoms with E-state index in [1.165, 1.54) is 5.57 Å². The van der Waals surface area contributed by atoms with Crippen LogP contribution in [-0.2, 0) is 6.42 Å². The average Bonchev–Trinajstić information content (AvgIpc) is 3.03. The Bertz CT molecular complexity index is 867. The van der Waals surface area contributed by atoms with E-state index in [1.54, 1.807) is 20.3 Å². The highest BCUT2D eigenvalue weighted by atomic mass is 19.1. The van der Waals surface area contributed by atoms with E-state index in [-0.39, 0.29) is 11.7 Å². The minimum Gasteiger partial charge on any atom is -0.493 e. The van der Waals surface area contributed by atoms with E-state index in [9.17, 15) is 4.79 Å². The molecule has 30 heavy (non-hydrogen) atoms. The van der Waals surface area contributed by atoms with Crippen molar-refractivity contribution in [3.63, 3.8) is 0 Å². The van der Waals surface area contributed by atoms with Crippen molar-refractivity contribution in [3.05, 3.63) is 47.1 Å². The van der Waals surface area contributed by atoms with Crippen molar-refractivity contribution in [2.75, 3.05) is 33.9 Å². The number of carbonyl (C=O) groups excluding carboxylic acids is 1. The molecule has 0 amide bonds. The summed E-state index contributed by atoms with van der Waals surface area (Å²) in [5.74, 6) is 1.50. The number of hydrogen-bond acceptors (Lipinski definition) is 4. The van der Waals surface area contributed by atoms with Gasteiger partial charge in [-0.3, -0.25) is 9.69 Å². The number of allylic oxidation sites excluding steroid dienone is 2. The van der Waals surface area contributed by atoms with Crippen molar-refractivity contribution in [3.8, 4) is 11.5 Å². The Morgan fingerprint density at radius 2 is 1.87 bits per heavy atom. The normalized spacial score (nSPS) is 25.7. The molecule has 0 aromatic heterocycles. The average molecular weight is 414 g/mol. The van der Waals surface area contributed by atoms with Crippen LogP contribution in [0.25, 0.3) is 0 Å². The van der Waals surface area contributed by atoms with Crippen molar-refractivity contribution < 1.29 is 18.7 Å². The Kier molecular flexibility index (Phi) is 6.01. The molecule has 0 bridgehead atoms. The van der Waals surface area contributed by atoms with E-state index < -0.39 is 5.67 Å². The van der Waals surface area contributed by atoms with Crippen molar-refractivity contribution in [2.24, 2.45) is 11.8 Å². The molecular formula is C25H32FNO3. The van der Waals surface area contributed by atoms with E-state index >= 15 is 4.39 Å². The molecule has 1 aromatic carbocycles. The lowest BCUT2D eigenvalue weighted by Crippen LogP contribution is -2.43. The predicted octanol–water partition coefficient (Wildman–Crippen LogP) is 4.78. The third-order valence-corrected chi connectivity index (χ3v) is 6.82. The number of hydrogen-bond donors (Lipinski definition) is 0. The maximum atomic E-state index is 15.7. The van der Waals surface area contributed by atoms with E-state index in [4.69, 9.17) is 9.47 Å². The first kappa shape index (κ1) is 21.1. The molecule has 1 saturated heterocycles. The zero-order valence-corrected chi connectivity index (χ0v) is 18.2. The van der Waals surface area contributed by atoms with Crippen LogP contribution in [0.15, 0.2) is 35.9 Å². The number of ketones is 1. The number of Topliss-reactive ketones (excluding diaryl/α,β-unsaturated/α-hetero) is 1. The molecule has 162 valence electrons. The van der Waals surface area contributed by atoms with Gasteiger partial charge in [-0.25, -0.2) is 4.39 Å². The van der Waals surface area contributed by atoms with Crippen LogP contribution in [0.1, 0.15) is 48.5 Å². The van der Waals surface area contributed by atoms with Crippen molar-refractivity contribution in [1.82, 2.24) is 4.90 Å². The minimum atomic E-state index is -1.27. The third kappa shape index (κ3) is 4.31. The van der Waals surface area contributed by atoms with Gasteiger partial charge in [0.05, 0.1) is 14.2 Å². The molecule has 0 saturated carbocycles. The molecule has 0 N–H and O–H groups in total. The maximum Gasteiger partial charge on any atom is 0.166 e. The standard InChI is InChI=1S/C25H32FNO3/c1-17-5-4-6-18(11-17)16-27-9-7-25(26,8-10-27)15-20-12-19-13-22(29-2)23(30-3)14-21(19)24(20)28/h4,6,11,13-14,17,20H,5,7-10,12,15-16H2,1-3H3. The zero-order valence-electron chi connectivity index (χ0n) is 18.2. The number of piperidine rings is 1. The summed E-state index contributed by atoms with van der Waals surface area (Å²) >= 11 is 0. The van der Waals surface area contributed by atoms with Crippen molar-refractivity contribution in [2.45, 2.75) is 44.7 Å². The molecule has 3 aliphatic rings. The van der Waals surface area contributed by atoms with E-state index in [0.29, 0.717) is 48.7 Å². The number of halogens is 1. The van der Waals surface area contributed by atoms with Gasteiger partial charge in [0.25, 0.3) is 0 Å². The van der Waals surface area contributed by atoms with Gasteiger partial charge < -0.3 is 9.47 Å². The van der Waals surface area contributed by atoms with E-state index in [0.717, 1.165) is 31.6 Å². The number of benzene rings is 1. The Hall–Kier alpha value is -2.14. The van der Waals surface area contributed by atoms with Crippen molar-refractivity contribution >= 4 is 5.78 Å². The minimum absolute atomic E-state index is 0.0388. The monoisotopic (exact) mass is 413 g/mol. The zero-order chi connectivity index (χ0) is 21.3. The van der Waals surface area contributed by atoms with Gasteiger partial charge >= 0.3 is 0 Å². The first-order chi connectivity index (χ1) is 14.4. The molecule has 2 unspecified atom stereocenters. The molecule has 2 atom stereocenters. The van der Waals surface area contributed by atoms with Crippen molar-refractivity contribution in [1.29, 1.82) is 0 Å². The highest BCUT2D eigenvalue weighted by molar-refractivity contribution is 6.03. The largest absolute Gasteiger partial charge is 0.493 e. The number of likely N-dealkylation sites (tertiary alicyclic amines) is 1. The predicted molar refractivity (Wildman–Crippen MR) is 116 cm³/mol. The molecule has 1 aromatic rings. The summed E-state index contributed by atoms with van der Waals surface area (Å²) in [6.45, 7) is 4.61. The summed E-state index contributed by atoms with van der Waals surface area (Å²) in [4.78, 5) is 15.3. The SMILES string of the molecule is COc1cc2c(cc1OC)C(=O)C(CC1(F)CCN(CC3=CC(C)CC=C3)CC1)C2. The molecule has 4 nitrogen and oxygen atoms in total. The third-order valence-electron chi connectivity index (χ3n) is 6.82. The van der Waals surface area contributed by atoms with Gasteiger partial charge in [0.1, 0.15) is 5.67 Å². The number of nitrogens with zero attached hydrogens (tertiary/aromatic N) is 1. The summed E-state index contributed by atoms with van der Waals surface area (Å²) in [6, 6.07) is 3.61. The number of methoxy groups -OCH3 is 2. The van der Waals surface area contributed by atoms with Gasteiger partial charge in [0.2, 0.25) is 0 Å². The first-order valence-electron chi connectivity index (χ1n) is 11.0. The second-order valence-electron chi connectivity index (χ2n) is 9.12. The number of rotatable bonds is 6. The lowest BCUT2D eigenvalue weighted by Gasteiger charge is -2.38. The quantitative estimate of drug-likeness (QED) is 0.673. The van der Waals surface area contributed by atoms with E-state index in [1.807, 2.05) is 6.07 Å². The van der Waals surface area contributed by atoms with Crippen LogP contribution in [0.5, 0.6) is 11.5 Å². The Labute approximate surface area is 178 Å². The fraction of sp³-hybridized carbons (Fsp3) is 0.560. The lowest BCUT2D eigenvalue weighted by molar-refractivity contribution is 0.0390. The number of ether oxygens (including phenoxy) is 2. The molecule has 1 heterocycles. The Balaban J connectivity index is 1.37. The molecule has 1 fully saturated rings. The van der Waals surface area contributed by atoms with E-state index in [2.05, 4.69) is 30.1 Å². The smallest absolute Gasteiger partial charge is 0.166 e. The van der Waals surface area contributed by atoms with Crippen LogP contribution >= 0.6 is 0 Å². The van der Waals surface area contributed by atoms with Crippen LogP contribution < -0.4 is 9.47 Å². The fourth-order valence-electron chi connectivity index (χ4n) is 5.11. The van der Waals surface area contributed by atoms with Gasteiger partial charge in [0, 0.05) is 31.1 Å². The Morgan fingerprint density at radius 3 is 2.53 bits per heavy atom. The topological polar surface area (TPSA) is 38.8 Å². The van der Waals surface area contributed by atoms with Crippen LogP contribution in [0, 0.1) is 11.8 Å². The maximum absolute atomic E-state index is 15.7. The lowest BCUT2D eigenvalue weighted by atomic mass is 9.82. The second kappa shape index (κ2) is 8.54.